The van der Waals surface area contributed by atoms with Crippen LogP contribution in [-0.4, -0.2) is 16.5 Å². The zero-order chi connectivity index (χ0) is 8.48. The SMILES string of the molecule is CC(=O)C(C)(O)C1=CCCC1. The smallest absolute Gasteiger partial charge is 0.165 e. The second kappa shape index (κ2) is 2.78. The van der Waals surface area contributed by atoms with Crippen LogP contribution < -0.4 is 0 Å². The van der Waals surface area contributed by atoms with Crippen LogP contribution in [0.15, 0.2) is 11.6 Å². The molecule has 11 heavy (non-hydrogen) atoms. The predicted octanol–water partition coefficient (Wildman–Crippen LogP) is 1.44. The van der Waals surface area contributed by atoms with Gasteiger partial charge in [0.1, 0.15) is 5.60 Å². The molecule has 2 heteroatoms. The van der Waals surface area contributed by atoms with Crippen LogP contribution in [0.3, 0.4) is 0 Å². The van der Waals surface area contributed by atoms with Gasteiger partial charge in [0.15, 0.2) is 5.78 Å². The third-order valence-electron chi connectivity index (χ3n) is 2.35. The highest BCUT2D eigenvalue weighted by atomic mass is 16.3. The van der Waals surface area contributed by atoms with Crippen LogP contribution >= 0.6 is 0 Å². The average molecular weight is 154 g/mol. The molecule has 0 amide bonds. The molecule has 1 rings (SSSR count). The molecular formula is C9H14O2. The fraction of sp³-hybridized carbons (Fsp3) is 0.667. The van der Waals surface area contributed by atoms with Crippen molar-refractivity contribution in [2.75, 3.05) is 0 Å². The Morgan fingerprint density at radius 2 is 2.36 bits per heavy atom. The summed E-state index contributed by atoms with van der Waals surface area (Å²) in [5.41, 5.74) is -0.304. The Balaban J connectivity index is 2.79. The van der Waals surface area contributed by atoms with Gasteiger partial charge in [-0.15, -0.1) is 0 Å². The molecule has 1 atom stereocenters. The Labute approximate surface area is 66.9 Å². The molecule has 1 N–H and O–H groups in total. The van der Waals surface area contributed by atoms with E-state index >= 15 is 0 Å². The normalized spacial score (nSPS) is 22.6. The molecule has 1 aliphatic carbocycles. The van der Waals surface area contributed by atoms with Gasteiger partial charge >= 0.3 is 0 Å². The number of allylic oxidation sites excluding steroid dienone is 1. The van der Waals surface area contributed by atoms with Crippen molar-refractivity contribution in [2.24, 2.45) is 0 Å². The summed E-state index contributed by atoms with van der Waals surface area (Å²) in [7, 11) is 0. The van der Waals surface area contributed by atoms with Gasteiger partial charge in [-0.25, -0.2) is 0 Å². The predicted molar refractivity (Wildman–Crippen MR) is 43.2 cm³/mol. The van der Waals surface area contributed by atoms with Crippen molar-refractivity contribution in [1.82, 2.24) is 0 Å². The number of carbonyl (C=O) groups excluding carboxylic acids is 1. The number of carbonyl (C=O) groups is 1. The second-order valence-corrected chi connectivity index (χ2v) is 3.25. The molecule has 0 fully saturated rings. The van der Waals surface area contributed by atoms with E-state index < -0.39 is 5.60 Å². The molecule has 0 aromatic heterocycles. The van der Waals surface area contributed by atoms with E-state index in [1.165, 1.54) is 6.92 Å². The molecule has 0 saturated heterocycles. The Morgan fingerprint density at radius 1 is 1.73 bits per heavy atom. The molecule has 0 saturated carbocycles. The number of hydrogen-bond donors (Lipinski definition) is 1. The molecule has 0 bridgehead atoms. The van der Waals surface area contributed by atoms with Gasteiger partial charge in [-0.2, -0.15) is 0 Å². The van der Waals surface area contributed by atoms with Crippen molar-refractivity contribution in [3.05, 3.63) is 11.6 Å². The highest BCUT2D eigenvalue weighted by molar-refractivity contribution is 5.87. The highest BCUT2D eigenvalue weighted by Crippen LogP contribution is 2.28. The number of aliphatic hydroxyl groups is 1. The van der Waals surface area contributed by atoms with Crippen LogP contribution in [0, 0.1) is 0 Å². The lowest BCUT2D eigenvalue weighted by atomic mass is 9.91. The summed E-state index contributed by atoms with van der Waals surface area (Å²) in [4.78, 5) is 11.0. The van der Waals surface area contributed by atoms with Gasteiger partial charge in [0.05, 0.1) is 0 Å². The molecule has 0 aromatic carbocycles. The summed E-state index contributed by atoms with van der Waals surface area (Å²) >= 11 is 0. The van der Waals surface area contributed by atoms with E-state index in [4.69, 9.17) is 0 Å². The van der Waals surface area contributed by atoms with E-state index in [9.17, 15) is 9.90 Å². The van der Waals surface area contributed by atoms with Crippen molar-refractivity contribution in [1.29, 1.82) is 0 Å². The van der Waals surface area contributed by atoms with Gasteiger partial charge in [0.25, 0.3) is 0 Å². The topological polar surface area (TPSA) is 37.3 Å². The van der Waals surface area contributed by atoms with Crippen LogP contribution in [0.1, 0.15) is 33.1 Å². The standard InChI is InChI=1S/C9H14O2/c1-7(10)9(2,11)8-5-3-4-6-8/h5,11H,3-4,6H2,1-2H3. The monoisotopic (exact) mass is 154 g/mol. The number of ketones is 1. The van der Waals surface area contributed by atoms with Crippen LogP contribution in [-0.2, 0) is 4.79 Å². The van der Waals surface area contributed by atoms with E-state index in [1.807, 2.05) is 6.08 Å². The lowest BCUT2D eigenvalue weighted by Gasteiger charge is -2.21. The van der Waals surface area contributed by atoms with E-state index in [0.29, 0.717) is 0 Å². The quantitative estimate of drug-likeness (QED) is 0.611. The first-order chi connectivity index (χ1) is 5.05. The third kappa shape index (κ3) is 1.51. The van der Waals surface area contributed by atoms with Gasteiger partial charge in [0, 0.05) is 0 Å². The summed E-state index contributed by atoms with van der Waals surface area (Å²) < 4.78 is 0. The van der Waals surface area contributed by atoms with Crippen molar-refractivity contribution >= 4 is 5.78 Å². The molecule has 0 aromatic rings. The molecule has 0 heterocycles. The lowest BCUT2D eigenvalue weighted by molar-refractivity contribution is -0.130. The Kier molecular flexibility index (Phi) is 2.14. The molecule has 1 aliphatic rings. The van der Waals surface area contributed by atoms with Gasteiger partial charge in [0.2, 0.25) is 0 Å². The molecule has 1 unspecified atom stereocenters. The van der Waals surface area contributed by atoms with E-state index in [2.05, 4.69) is 0 Å². The second-order valence-electron chi connectivity index (χ2n) is 3.25. The maximum atomic E-state index is 11.0. The van der Waals surface area contributed by atoms with Crippen LogP contribution in [0.25, 0.3) is 0 Å². The van der Waals surface area contributed by atoms with Gasteiger partial charge in [-0.3, -0.25) is 4.79 Å². The molecule has 0 spiro atoms. The lowest BCUT2D eigenvalue weighted by Crippen LogP contribution is -2.34. The first-order valence-corrected chi connectivity index (χ1v) is 3.98. The van der Waals surface area contributed by atoms with Crippen LogP contribution in [0.2, 0.25) is 0 Å². The molecular weight excluding hydrogens is 140 g/mol. The summed E-state index contributed by atoms with van der Waals surface area (Å²) in [6.07, 6.45) is 4.91. The Morgan fingerprint density at radius 3 is 2.73 bits per heavy atom. The molecule has 2 nitrogen and oxygen atoms in total. The van der Waals surface area contributed by atoms with Gasteiger partial charge in [-0.05, 0) is 38.7 Å². The largest absolute Gasteiger partial charge is 0.378 e. The summed E-state index contributed by atoms with van der Waals surface area (Å²) in [5.74, 6) is -0.161. The minimum atomic E-state index is -1.20. The molecule has 62 valence electrons. The Hall–Kier alpha value is -0.630. The fourth-order valence-electron chi connectivity index (χ4n) is 1.34. The number of hydrogen-bond acceptors (Lipinski definition) is 2. The molecule has 0 radical (unpaired) electrons. The third-order valence-corrected chi connectivity index (χ3v) is 2.35. The van der Waals surface area contributed by atoms with E-state index in [0.717, 1.165) is 24.8 Å². The minimum Gasteiger partial charge on any atom is -0.378 e. The number of rotatable bonds is 2. The average Bonchev–Trinajstić information content (AvgIpc) is 2.37. The van der Waals surface area contributed by atoms with Crippen molar-refractivity contribution in [3.8, 4) is 0 Å². The minimum absolute atomic E-state index is 0.161. The van der Waals surface area contributed by atoms with Crippen molar-refractivity contribution < 1.29 is 9.90 Å². The van der Waals surface area contributed by atoms with E-state index in [-0.39, 0.29) is 5.78 Å². The zero-order valence-corrected chi connectivity index (χ0v) is 7.05. The van der Waals surface area contributed by atoms with Gasteiger partial charge < -0.3 is 5.11 Å². The summed E-state index contributed by atoms with van der Waals surface area (Å²) in [6.45, 7) is 3.01. The van der Waals surface area contributed by atoms with Crippen molar-refractivity contribution in [2.45, 2.75) is 38.7 Å². The van der Waals surface area contributed by atoms with Crippen LogP contribution in [0.4, 0.5) is 0 Å². The zero-order valence-electron chi connectivity index (χ0n) is 7.05. The van der Waals surface area contributed by atoms with Gasteiger partial charge in [-0.1, -0.05) is 6.08 Å². The Bertz CT molecular complexity index is 202. The highest BCUT2D eigenvalue weighted by Gasteiger charge is 2.31. The molecule has 0 aliphatic heterocycles. The fourth-order valence-corrected chi connectivity index (χ4v) is 1.34. The first-order valence-electron chi connectivity index (χ1n) is 3.98. The maximum Gasteiger partial charge on any atom is 0.165 e. The number of Topliss-reactive ketones (excluding diaryl/α,β-unsaturated/α-hetero) is 1. The summed E-state index contributed by atoms with van der Waals surface area (Å²) in [5, 5.41) is 9.67. The van der Waals surface area contributed by atoms with Crippen LogP contribution in [0.5, 0.6) is 0 Å². The van der Waals surface area contributed by atoms with E-state index in [1.54, 1.807) is 6.92 Å². The maximum absolute atomic E-state index is 11.0. The first kappa shape index (κ1) is 8.47. The summed E-state index contributed by atoms with van der Waals surface area (Å²) in [6, 6.07) is 0. The van der Waals surface area contributed by atoms with Crippen molar-refractivity contribution in [3.63, 3.8) is 0 Å².